The van der Waals surface area contributed by atoms with E-state index in [4.69, 9.17) is 0 Å². The molecule has 1 heterocycles. The second kappa shape index (κ2) is 6.36. The summed E-state index contributed by atoms with van der Waals surface area (Å²) in [4.78, 5) is 11.5. The standard InChI is InChI=1S/C13H21BrN2O/c1-13(2,3)6-7-15-8-9-16-10-11(14)4-5-12(16)17/h4-5,10,15H,6-9H2,1-3H3. The molecule has 3 nitrogen and oxygen atoms in total. The normalized spacial score (nSPS) is 11.8. The van der Waals surface area contributed by atoms with E-state index in [-0.39, 0.29) is 5.56 Å². The summed E-state index contributed by atoms with van der Waals surface area (Å²) < 4.78 is 2.65. The summed E-state index contributed by atoms with van der Waals surface area (Å²) in [6.45, 7) is 9.22. The van der Waals surface area contributed by atoms with E-state index in [1.807, 2.05) is 6.20 Å². The fourth-order valence-corrected chi connectivity index (χ4v) is 1.84. The highest BCUT2D eigenvalue weighted by Gasteiger charge is 2.08. The number of rotatable bonds is 5. The lowest BCUT2D eigenvalue weighted by molar-refractivity contribution is 0.365. The fraction of sp³-hybridized carbons (Fsp3) is 0.615. The third-order valence-electron chi connectivity index (χ3n) is 2.53. The molecule has 1 N–H and O–H groups in total. The van der Waals surface area contributed by atoms with Gasteiger partial charge in [-0.15, -0.1) is 0 Å². The van der Waals surface area contributed by atoms with Crippen LogP contribution in [0.4, 0.5) is 0 Å². The van der Waals surface area contributed by atoms with Gasteiger partial charge in [0.2, 0.25) is 0 Å². The van der Waals surface area contributed by atoms with E-state index in [1.165, 1.54) is 0 Å². The van der Waals surface area contributed by atoms with Gasteiger partial charge in [-0.05, 0) is 40.4 Å². The molecule has 0 bridgehead atoms. The van der Waals surface area contributed by atoms with E-state index in [9.17, 15) is 4.79 Å². The van der Waals surface area contributed by atoms with Crippen molar-refractivity contribution in [3.8, 4) is 0 Å². The van der Waals surface area contributed by atoms with Gasteiger partial charge in [0.15, 0.2) is 0 Å². The smallest absolute Gasteiger partial charge is 0.250 e. The van der Waals surface area contributed by atoms with Gasteiger partial charge >= 0.3 is 0 Å². The largest absolute Gasteiger partial charge is 0.315 e. The molecule has 0 aliphatic heterocycles. The predicted molar refractivity (Wildman–Crippen MR) is 75.3 cm³/mol. The van der Waals surface area contributed by atoms with Crippen LogP contribution in [0, 0.1) is 5.41 Å². The van der Waals surface area contributed by atoms with Crippen molar-refractivity contribution >= 4 is 15.9 Å². The molecule has 0 saturated carbocycles. The Hall–Kier alpha value is -0.610. The molecule has 0 atom stereocenters. The summed E-state index contributed by atoms with van der Waals surface area (Å²) in [7, 11) is 0. The van der Waals surface area contributed by atoms with Gasteiger partial charge in [0.25, 0.3) is 5.56 Å². The van der Waals surface area contributed by atoms with E-state index in [1.54, 1.807) is 16.7 Å². The lowest BCUT2D eigenvalue weighted by Gasteiger charge is -2.18. The average molecular weight is 301 g/mol. The molecule has 96 valence electrons. The van der Waals surface area contributed by atoms with Crippen molar-refractivity contribution in [2.75, 3.05) is 13.1 Å². The maximum atomic E-state index is 11.5. The molecule has 1 aromatic rings. The number of aromatic nitrogens is 1. The van der Waals surface area contributed by atoms with Gasteiger partial charge in [0, 0.05) is 29.8 Å². The van der Waals surface area contributed by atoms with Gasteiger partial charge in [-0.25, -0.2) is 0 Å². The molecule has 0 radical (unpaired) electrons. The van der Waals surface area contributed by atoms with Gasteiger partial charge in [0.05, 0.1) is 0 Å². The Balaban J connectivity index is 2.32. The molecule has 0 aliphatic rings. The van der Waals surface area contributed by atoms with Crippen molar-refractivity contribution < 1.29 is 0 Å². The summed E-state index contributed by atoms with van der Waals surface area (Å²) in [5, 5.41) is 3.36. The van der Waals surface area contributed by atoms with E-state index in [2.05, 4.69) is 42.0 Å². The molecule has 0 aliphatic carbocycles. The summed E-state index contributed by atoms with van der Waals surface area (Å²) >= 11 is 3.36. The second-order valence-electron chi connectivity index (χ2n) is 5.44. The molecular formula is C13H21BrN2O. The lowest BCUT2D eigenvalue weighted by Crippen LogP contribution is -2.28. The molecule has 0 unspecified atom stereocenters. The summed E-state index contributed by atoms with van der Waals surface area (Å²) in [5.74, 6) is 0. The first kappa shape index (κ1) is 14.5. The number of hydrogen-bond donors (Lipinski definition) is 1. The van der Waals surface area contributed by atoms with E-state index < -0.39 is 0 Å². The number of pyridine rings is 1. The molecule has 0 amide bonds. The number of halogens is 1. The Labute approximate surface area is 111 Å². The Morgan fingerprint density at radius 1 is 1.29 bits per heavy atom. The highest BCUT2D eigenvalue weighted by atomic mass is 79.9. The average Bonchev–Trinajstić information content (AvgIpc) is 2.21. The van der Waals surface area contributed by atoms with E-state index >= 15 is 0 Å². The van der Waals surface area contributed by atoms with Crippen LogP contribution in [0.1, 0.15) is 27.2 Å². The molecule has 1 aromatic heterocycles. The van der Waals surface area contributed by atoms with Gasteiger partial charge in [0.1, 0.15) is 0 Å². The first-order valence-corrected chi connectivity index (χ1v) is 6.74. The van der Waals surface area contributed by atoms with Crippen LogP contribution < -0.4 is 10.9 Å². The maximum Gasteiger partial charge on any atom is 0.250 e. The monoisotopic (exact) mass is 300 g/mol. The van der Waals surface area contributed by atoms with Crippen LogP contribution in [0.2, 0.25) is 0 Å². The minimum atomic E-state index is 0.0471. The molecule has 0 aromatic carbocycles. The Morgan fingerprint density at radius 3 is 2.65 bits per heavy atom. The lowest BCUT2D eigenvalue weighted by atomic mass is 9.92. The van der Waals surface area contributed by atoms with Crippen LogP contribution >= 0.6 is 15.9 Å². The van der Waals surface area contributed by atoms with Crippen LogP contribution in [-0.2, 0) is 6.54 Å². The van der Waals surface area contributed by atoms with Crippen molar-refractivity contribution in [1.82, 2.24) is 9.88 Å². The second-order valence-corrected chi connectivity index (χ2v) is 6.36. The molecule has 0 fully saturated rings. The molecular weight excluding hydrogens is 280 g/mol. The zero-order chi connectivity index (χ0) is 12.9. The molecule has 4 heteroatoms. The fourth-order valence-electron chi connectivity index (χ4n) is 1.46. The van der Waals surface area contributed by atoms with Crippen molar-refractivity contribution in [3.05, 3.63) is 33.2 Å². The minimum absolute atomic E-state index is 0.0471. The highest BCUT2D eigenvalue weighted by Crippen LogP contribution is 2.16. The highest BCUT2D eigenvalue weighted by molar-refractivity contribution is 9.10. The predicted octanol–water partition coefficient (Wildman–Crippen LogP) is 2.64. The van der Waals surface area contributed by atoms with Crippen LogP contribution in [0.25, 0.3) is 0 Å². The summed E-state index contributed by atoms with van der Waals surface area (Å²) in [6.07, 6.45) is 2.97. The Bertz CT molecular complexity index is 407. The van der Waals surface area contributed by atoms with E-state index in [0.29, 0.717) is 12.0 Å². The van der Waals surface area contributed by atoms with Crippen LogP contribution in [0.5, 0.6) is 0 Å². The molecule has 1 rings (SSSR count). The summed E-state index contributed by atoms with van der Waals surface area (Å²) in [6, 6.07) is 3.35. The molecule has 0 saturated heterocycles. The minimum Gasteiger partial charge on any atom is -0.315 e. The maximum absolute atomic E-state index is 11.5. The van der Waals surface area contributed by atoms with Crippen molar-refractivity contribution in [1.29, 1.82) is 0 Å². The van der Waals surface area contributed by atoms with Crippen molar-refractivity contribution in [2.24, 2.45) is 5.41 Å². The van der Waals surface area contributed by atoms with Crippen LogP contribution in [-0.4, -0.2) is 17.7 Å². The van der Waals surface area contributed by atoms with Gasteiger partial charge < -0.3 is 9.88 Å². The van der Waals surface area contributed by atoms with Crippen molar-refractivity contribution in [2.45, 2.75) is 33.7 Å². The topological polar surface area (TPSA) is 34.0 Å². The Morgan fingerprint density at radius 2 is 2.00 bits per heavy atom. The van der Waals surface area contributed by atoms with Gasteiger partial charge in [-0.1, -0.05) is 20.8 Å². The SMILES string of the molecule is CC(C)(C)CCNCCn1cc(Br)ccc1=O. The van der Waals surface area contributed by atoms with Gasteiger partial charge in [-0.2, -0.15) is 0 Å². The van der Waals surface area contributed by atoms with Crippen LogP contribution in [0.15, 0.2) is 27.6 Å². The third-order valence-corrected chi connectivity index (χ3v) is 3.00. The number of nitrogens with zero attached hydrogens (tertiary/aromatic N) is 1. The van der Waals surface area contributed by atoms with Crippen molar-refractivity contribution in [3.63, 3.8) is 0 Å². The molecule has 0 spiro atoms. The van der Waals surface area contributed by atoms with E-state index in [0.717, 1.165) is 24.0 Å². The number of nitrogens with one attached hydrogen (secondary N) is 1. The molecule has 17 heavy (non-hydrogen) atoms. The van der Waals surface area contributed by atoms with Crippen LogP contribution in [0.3, 0.4) is 0 Å². The quantitative estimate of drug-likeness (QED) is 0.848. The van der Waals surface area contributed by atoms with Gasteiger partial charge in [-0.3, -0.25) is 4.79 Å². The zero-order valence-corrected chi connectivity index (χ0v) is 12.4. The summed E-state index contributed by atoms with van der Waals surface area (Å²) in [5.41, 5.74) is 0.408. The number of hydrogen-bond acceptors (Lipinski definition) is 2. The zero-order valence-electron chi connectivity index (χ0n) is 10.8. The first-order chi connectivity index (χ1) is 7.88. The first-order valence-electron chi connectivity index (χ1n) is 5.95. The Kier molecular flexibility index (Phi) is 5.40. The third kappa shape index (κ3) is 6.03.